The van der Waals surface area contributed by atoms with Crippen molar-refractivity contribution in [2.24, 2.45) is 0 Å². The number of anilines is 1. The van der Waals surface area contributed by atoms with Crippen LogP contribution in [-0.4, -0.2) is 64.6 Å². The van der Waals surface area contributed by atoms with E-state index in [-0.39, 0.29) is 34.8 Å². The third kappa shape index (κ3) is 9.04. The van der Waals surface area contributed by atoms with E-state index in [1.165, 1.54) is 37.3 Å². The number of hydrogen-bond acceptors (Lipinski definition) is 7. The van der Waals surface area contributed by atoms with Gasteiger partial charge in [-0.15, -0.1) is 0 Å². The third-order valence-corrected chi connectivity index (χ3v) is 9.33. The lowest BCUT2D eigenvalue weighted by Crippen LogP contribution is -2.53. The van der Waals surface area contributed by atoms with E-state index in [0.29, 0.717) is 36.0 Å². The third-order valence-electron chi connectivity index (χ3n) is 7.31. The van der Waals surface area contributed by atoms with Crippen LogP contribution >= 0.6 is 11.6 Å². The highest BCUT2D eigenvalue weighted by atomic mass is 35.5. The Morgan fingerprint density at radius 1 is 0.889 bits per heavy atom. The Morgan fingerprint density at radius 3 is 2.09 bits per heavy atom. The van der Waals surface area contributed by atoms with Gasteiger partial charge in [-0.2, -0.15) is 0 Å². The zero-order valence-electron chi connectivity index (χ0n) is 26.6. The molecule has 3 aromatic rings. The molecular weight excluding hydrogens is 618 g/mol. The van der Waals surface area contributed by atoms with Crippen molar-refractivity contribution in [3.05, 3.63) is 77.3 Å². The van der Waals surface area contributed by atoms with Crippen LogP contribution in [-0.2, 0) is 26.2 Å². The number of rotatable bonds is 16. The van der Waals surface area contributed by atoms with Gasteiger partial charge >= 0.3 is 0 Å². The van der Waals surface area contributed by atoms with Crippen LogP contribution in [0.2, 0.25) is 5.02 Å². The van der Waals surface area contributed by atoms with Gasteiger partial charge in [0, 0.05) is 23.7 Å². The molecular formula is C33H42ClN3O7S. The lowest BCUT2D eigenvalue weighted by molar-refractivity contribution is -0.140. The fourth-order valence-corrected chi connectivity index (χ4v) is 6.21. The summed E-state index contributed by atoms with van der Waals surface area (Å²) in [4.78, 5) is 29.0. The first-order chi connectivity index (χ1) is 21.5. The molecule has 3 aromatic carbocycles. The SMILES string of the molecule is CCOc1ccc(N(CC(=O)N(Cc2ccc(Cl)cc2)[C@H](CC)C(=O)N[C@H](C)CC)S(=O)(=O)c2ccc(OC)c(OC)c2)cc1. The van der Waals surface area contributed by atoms with Gasteiger partial charge in [0.25, 0.3) is 10.0 Å². The second-order valence-corrected chi connectivity index (χ2v) is 12.6. The second-order valence-electron chi connectivity index (χ2n) is 10.3. The number of ether oxygens (including phenoxy) is 3. The highest BCUT2D eigenvalue weighted by Gasteiger charge is 2.34. The summed E-state index contributed by atoms with van der Waals surface area (Å²) in [7, 11) is -1.47. The van der Waals surface area contributed by atoms with Crippen molar-refractivity contribution in [1.29, 1.82) is 0 Å². The average Bonchev–Trinajstić information content (AvgIpc) is 3.04. The number of hydrogen-bond donors (Lipinski definition) is 1. The first kappa shape index (κ1) is 35.5. The van der Waals surface area contributed by atoms with Crippen molar-refractivity contribution in [2.45, 2.75) is 64.1 Å². The number of nitrogens with zero attached hydrogens (tertiary/aromatic N) is 2. The van der Waals surface area contributed by atoms with Gasteiger partial charge in [-0.05, 0) is 80.8 Å². The number of nitrogens with one attached hydrogen (secondary N) is 1. The van der Waals surface area contributed by atoms with E-state index in [1.54, 1.807) is 48.5 Å². The van der Waals surface area contributed by atoms with E-state index in [0.717, 1.165) is 9.87 Å². The van der Waals surface area contributed by atoms with E-state index in [1.807, 2.05) is 27.7 Å². The molecule has 0 fully saturated rings. The molecule has 0 aliphatic rings. The highest BCUT2D eigenvalue weighted by Crippen LogP contribution is 2.33. The summed E-state index contributed by atoms with van der Waals surface area (Å²) in [5.41, 5.74) is 0.975. The Labute approximate surface area is 271 Å². The molecule has 0 aromatic heterocycles. The van der Waals surface area contributed by atoms with E-state index < -0.39 is 28.5 Å². The summed E-state index contributed by atoms with van der Waals surface area (Å²) >= 11 is 6.10. The standard InChI is InChI=1S/C33H42ClN3O7S/c1-7-23(4)35-33(39)29(8-2)36(21-24-10-12-25(34)13-11-24)32(38)22-37(26-14-16-27(17-15-26)44-9-3)45(40,41)28-18-19-30(42-5)31(20-28)43-6/h10-20,23,29H,7-9,21-22H2,1-6H3,(H,35,39)/t23-,29-/m1/s1. The van der Waals surface area contributed by atoms with Crippen LogP contribution in [0.25, 0.3) is 0 Å². The van der Waals surface area contributed by atoms with Crippen LogP contribution in [0.3, 0.4) is 0 Å². The topological polar surface area (TPSA) is 114 Å². The molecule has 45 heavy (non-hydrogen) atoms. The van der Waals surface area contributed by atoms with Gasteiger partial charge in [0.2, 0.25) is 11.8 Å². The first-order valence-corrected chi connectivity index (χ1v) is 16.6. The summed E-state index contributed by atoms with van der Waals surface area (Å²) in [5.74, 6) is 0.243. The molecule has 244 valence electrons. The predicted octanol–water partition coefficient (Wildman–Crippen LogP) is 5.67. The van der Waals surface area contributed by atoms with Crippen LogP contribution in [0.4, 0.5) is 5.69 Å². The normalized spacial score (nSPS) is 12.5. The van der Waals surface area contributed by atoms with Crippen LogP contribution in [0.5, 0.6) is 17.2 Å². The average molecular weight is 660 g/mol. The molecule has 3 rings (SSSR count). The minimum absolute atomic E-state index is 0.0654. The van der Waals surface area contributed by atoms with Crippen molar-refractivity contribution in [1.82, 2.24) is 10.2 Å². The first-order valence-electron chi connectivity index (χ1n) is 14.8. The van der Waals surface area contributed by atoms with Gasteiger partial charge < -0.3 is 24.4 Å². The van der Waals surface area contributed by atoms with Crippen molar-refractivity contribution < 1.29 is 32.2 Å². The van der Waals surface area contributed by atoms with Crippen LogP contribution in [0.1, 0.15) is 46.1 Å². The number of carbonyl (C=O) groups excluding carboxylic acids is 2. The Kier molecular flexibility index (Phi) is 12.9. The van der Waals surface area contributed by atoms with Crippen LogP contribution < -0.4 is 23.8 Å². The number of methoxy groups -OCH3 is 2. The zero-order valence-corrected chi connectivity index (χ0v) is 28.2. The minimum atomic E-state index is -4.33. The lowest BCUT2D eigenvalue weighted by Gasteiger charge is -2.33. The largest absolute Gasteiger partial charge is 0.494 e. The number of sulfonamides is 1. The fourth-order valence-electron chi connectivity index (χ4n) is 4.66. The summed E-state index contributed by atoms with van der Waals surface area (Å²) in [5, 5.41) is 3.50. The number of carbonyl (C=O) groups is 2. The molecule has 10 nitrogen and oxygen atoms in total. The number of benzene rings is 3. The maximum Gasteiger partial charge on any atom is 0.264 e. The summed E-state index contributed by atoms with van der Waals surface area (Å²) in [6.07, 6.45) is 1.02. The van der Waals surface area contributed by atoms with Crippen molar-refractivity contribution >= 4 is 39.1 Å². The van der Waals surface area contributed by atoms with E-state index in [9.17, 15) is 18.0 Å². The monoisotopic (exact) mass is 659 g/mol. The van der Waals surface area contributed by atoms with E-state index in [2.05, 4.69) is 5.32 Å². The second kappa shape index (κ2) is 16.4. The summed E-state index contributed by atoms with van der Waals surface area (Å²) in [6.45, 7) is 7.42. The van der Waals surface area contributed by atoms with Crippen molar-refractivity contribution in [3.8, 4) is 17.2 Å². The van der Waals surface area contributed by atoms with Crippen molar-refractivity contribution in [2.75, 3.05) is 31.7 Å². The van der Waals surface area contributed by atoms with Gasteiger partial charge in [-0.25, -0.2) is 8.42 Å². The molecule has 0 aliphatic heterocycles. The Balaban J connectivity index is 2.11. The molecule has 2 amide bonds. The molecule has 0 saturated carbocycles. The fraction of sp³-hybridized carbons (Fsp3) is 0.394. The van der Waals surface area contributed by atoms with Gasteiger partial charge in [-0.3, -0.25) is 13.9 Å². The Bertz CT molecular complexity index is 1530. The summed E-state index contributed by atoms with van der Waals surface area (Å²) in [6, 6.07) is 16.6. The van der Waals surface area contributed by atoms with Gasteiger partial charge in [0.15, 0.2) is 11.5 Å². The molecule has 0 saturated heterocycles. The highest BCUT2D eigenvalue weighted by molar-refractivity contribution is 7.92. The van der Waals surface area contributed by atoms with Crippen LogP contribution in [0.15, 0.2) is 71.6 Å². The smallest absolute Gasteiger partial charge is 0.264 e. The molecule has 0 unspecified atom stereocenters. The minimum Gasteiger partial charge on any atom is -0.494 e. The molecule has 0 heterocycles. The molecule has 2 atom stereocenters. The molecule has 0 spiro atoms. The maximum atomic E-state index is 14.3. The van der Waals surface area contributed by atoms with Crippen LogP contribution in [0, 0.1) is 0 Å². The molecule has 0 aliphatic carbocycles. The van der Waals surface area contributed by atoms with Gasteiger partial charge in [0.05, 0.1) is 31.4 Å². The van der Waals surface area contributed by atoms with E-state index >= 15 is 0 Å². The van der Waals surface area contributed by atoms with E-state index in [4.69, 9.17) is 25.8 Å². The summed E-state index contributed by atoms with van der Waals surface area (Å²) < 4.78 is 45.7. The zero-order chi connectivity index (χ0) is 33.1. The Hall–Kier alpha value is -3.96. The molecule has 12 heteroatoms. The van der Waals surface area contributed by atoms with Gasteiger partial charge in [-0.1, -0.05) is 37.6 Å². The molecule has 0 bridgehead atoms. The maximum absolute atomic E-state index is 14.3. The van der Waals surface area contributed by atoms with Crippen molar-refractivity contribution in [3.63, 3.8) is 0 Å². The quantitative estimate of drug-likeness (QED) is 0.211. The Morgan fingerprint density at radius 2 is 1.53 bits per heavy atom. The molecule has 0 radical (unpaired) electrons. The molecule has 1 N–H and O–H groups in total. The van der Waals surface area contributed by atoms with Gasteiger partial charge in [0.1, 0.15) is 18.3 Å². The lowest BCUT2D eigenvalue weighted by atomic mass is 10.1. The number of halogens is 1. The predicted molar refractivity (Wildman–Crippen MR) is 176 cm³/mol. The number of amides is 2.